The lowest BCUT2D eigenvalue weighted by Crippen LogP contribution is -2.16. The molecule has 1 N–H and O–H groups in total. The number of benzene rings is 2. The highest BCUT2D eigenvalue weighted by molar-refractivity contribution is 7.91. The molecule has 1 aromatic heterocycles. The summed E-state index contributed by atoms with van der Waals surface area (Å²) in [5.41, 5.74) is 0.400. The monoisotopic (exact) mass is 342 g/mol. The molecule has 3 rings (SSSR count). The van der Waals surface area contributed by atoms with E-state index in [9.17, 15) is 17.6 Å². The van der Waals surface area contributed by atoms with E-state index >= 15 is 0 Å². The Morgan fingerprint density at radius 3 is 2.58 bits per heavy atom. The van der Waals surface area contributed by atoms with Crippen LogP contribution in [0.15, 0.2) is 57.2 Å². The van der Waals surface area contributed by atoms with Gasteiger partial charge in [-0.2, -0.15) is 5.26 Å². The molecule has 0 amide bonds. The Hall–Kier alpha value is -2.98. The van der Waals surface area contributed by atoms with E-state index in [2.05, 4.69) is 4.98 Å². The maximum Gasteiger partial charge on any atom is 0.212 e. The Kier molecular flexibility index (Phi) is 3.70. The zero-order valence-corrected chi connectivity index (χ0v) is 13.3. The quantitative estimate of drug-likeness (QED) is 0.775. The number of aryl methyl sites for hydroxylation is 1. The molecule has 24 heavy (non-hydrogen) atoms. The second kappa shape index (κ2) is 5.58. The molecule has 0 aliphatic rings. The van der Waals surface area contributed by atoms with Crippen LogP contribution in [0.5, 0.6) is 0 Å². The summed E-state index contributed by atoms with van der Waals surface area (Å²) in [6.07, 6.45) is 1.10. The summed E-state index contributed by atoms with van der Waals surface area (Å²) in [5.74, 6) is -0.952. The predicted molar refractivity (Wildman–Crippen MR) is 85.9 cm³/mol. The lowest BCUT2D eigenvalue weighted by Gasteiger charge is -2.07. The van der Waals surface area contributed by atoms with Gasteiger partial charge in [0.25, 0.3) is 0 Å². The van der Waals surface area contributed by atoms with Gasteiger partial charge >= 0.3 is 0 Å². The van der Waals surface area contributed by atoms with E-state index in [-0.39, 0.29) is 15.8 Å². The summed E-state index contributed by atoms with van der Waals surface area (Å²) in [6.45, 7) is 1.79. The van der Waals surface area contributed by atoms with Gasteiger partial charge in [-0.25, -0.2) is 12.8 Å². The van der Waals surface area contributed by atoms with Gasteiger partial charge in [-0.3, -0.25) is 4.79 Å². The maximum absolute atomic E-state index is 13.7. The molecule has 0 saturated heterocycles. The first-order chi connectivity index (χ1) is 11.3. The van der Waals surface area contributed by atoms with Crippen LogP contribution in [0, 0.1) is 24.1 Å². The average molecular weight is 342 g/mol. The number of pyridine rings is 1. The summed E-state index contributed by atoms with van der Waals surface area (Å²) in [6, 6.07) is 9.61. The van der Waals surface area contributed by atoms with Gasteiger partial charge < -0.3 is 4.98 Å². The van der Waals surface area contributed by atoms with Crippen molar-refractivity contribution in [3.63, 3.8) is 0 Å². The molecule has 120 valence electrons. The van der Waals surface area contributed by atoms with Gasteiger partial charge in [-0.15, -0.1) is 0 Å². The summed E-state index contributed by atoms with van der Waals surface area (Å²) in [7, 11) is -4.21. The third-order valence-electron chi connectivity index (χ3n) is 3.66. The highest BCUT2D eigenvalue weighted by Crippen LogP contribution is 2.22. The van der Waals surface area contributed by atoms with Crippen LogP contribution in [0.4, 0.5) is 4.39 Å². The molecular weight excluding hydrogens is 331 g/mol. The minimum atomic E-state index is -4.21. The zero-order chi connectivity index (χ0) is 17.5. The van der Waals surface area contributed by atoms with E-state index in [1.165, 1.54) is 0 Å². The molecule has 0 spiro atoms. The second-order valence-electron chi connectivity index (χ2n) is 5.29. The number of aromatic nitrogens is 1. The van der Waals surface area contributed by atoms with Crippen molar-refractivity contribution in [3.05, 3.63) is 69.8 Å². The Balaban J connectivity index is 2.26. The fraction of sp³-hybridized carbons (Fsp3) is 0.0588. The predicted octanol–water partition coefficient (Wildman–Crippen LogP) is 2.68. The summed E-state index contributed by atoms with van der Waals surface area (Å²) >= 11 is 0. The number of H-pyrrole nitrogens is 1. The standard InChI is InChI=1S/C17H11FN2O3S/c1-10-2-5-15-13(6-10)17(21)16(9-20-15)24(22,23)12-4-3-11(8-19)14(18)7-12/h2-7,9H,1H3,(H,20,21). The molecule has 0 bridgehead atoms. The van der Waals surface area contributed by atoms with E-state index in [1.807, 2.05) is 0 Å². The van der Waals surface area contributed by atoms with Gasteiger partial charge in [0, 0.05) is 17.1 Å². The van der Waals surface area contributed by atoms with E-state index in [0.717, 1.165) is 30.0 Å². The molecule has 0 saturated carbocycles. The number of hydrogen-bond donors (Lipinski definition) is 1. The normalized spacial score (nSPS) is 11.4. The van der Waals surface area contributed by atoms with E-state index in [1.54, 1.807) is 31.2 Å². The zero-order valence-electron chi connectivity index (χ0n) is 12.5. The third kappa shape index (κ3) is 2.47. The average Bonchev–Trinajstić information content (AvgIpc) is 2.55. The van der Waals surface area contributed by atoms with E-state index in [4.69, 9.17) is 5.26 Å². The summed E-state index contributed by atoms with van der Waals surface area (Å²) < 4.78 is 39.1. The van der Waals surface area contributed by atoms with Crippen LogP contribution in [0.2, 0.25) is 0 Å². The summed E-state index contributed by atoms with van der Waals surface area (Å²) in [4.78, 5) is 14.5. The summed E-state index contributed by atoms with van der Waals surface area (Å²) in [5, 5.41) is 8.96. The fourth-order valence-electron chi connectivity index (χ4n) is 2.39. The van der Waals surface area contributed by atoms with Crippen LogP contribution in [0.25, 0.3) is 10.9 Å². The largest absolute Gasteiger partial charge is 0.360 e. The van der Waals surface area contributed by atoms with Gasteiger partial charge in [-0.1, -0.05) is 11.6 Å². The van der Waals surface area contributed by atoms with Crippen molar-refractivity contribution in [2.75, 3.05) is 0 Å². The van der Waals surface area contributed by atoms with Gasteiger partial charge in [0.15, 0.2) is 0 Å². The van der Waals surface area contributed by atoms with E-state index in [0.29, 0.717) is 5.52 Å². The molecule has 0 fully saturated rings. The van der Waals surface area contributed by atoms with Crippen LogP contribution in [-0.4, -0.2) is 13.4 Å². The lowest BCUT2D eigenvalue weighted by atomic mass is 10.1. The number of sulfone groups is 1. The molecule has 3 aromatic rings. The number of aromatic amines is 1. The first-order valence-electron chi connectivity index (χ1n) is 6.91. The molecule has 0 aliphatic heterocycles. The van der Waals surface area contributed by atoms with Gasteiger partial charge in [0.1, 0.15) is 16.8 Å². The molecule has 5 nitrogen and oxygen atoms in total. The minimum absolute atomic E-state index is 0.241. The number of rotatable bonds is 2. The number of fused-ring (bicyclic) bond motifs is 1. The Bertz CT molecular complexity index is 1170. The molecule has 0 atom stereocenters. The van der Waals surface area contributed by atoms with Crippen molar-refractivity contribution < 1.29 is 12.8 Å². The first kappa shape index (κ1) is 15.9. The number of nitrogens with zero attached hydrogens (tertiary/aromatic N) is 1. The SMILES string of the molecule is Cc1ccc2[nH]cc(S(=O)(=O)c3ccc(C#N)c(F)c3)c(=O)c2c1. The van der Waals surface area contributed by atoms with Crippen molar-refractivity contribution in [2.24, 2.45) is 0 Å². The smallest absolute Gasteiger partial charge is 0.212 e. The molecule has 0 radical (unpaired) electrons. The molecule has 1 heterocycles. The minimum Gasteiger partial charge on any atom is -0.360 e. The molecular formula is C17H11FN2O3S. The molecule has 7 heteroatoms. The van der Waals surface area contributed by atoms with Gasteiger partial charge in [0.2, 0.25) is 15.3 Å². The number of nitriles is 1. The number of hydrogen-bond acceptors (Lipinski definition) is 4. The third-order valence-corrected chi connectivity index (χ3v) is 5.42. The van der Waals surface area contributed by atoms with Crippen molar-refractivity contribution in [3.8, 4) is 6.07 Å². The van der Waals surface area contributed by atoms with Gasteiger partial charge in [-0.05, 0) is 37.3 Å². The maximum atomic E-state index is 13.7. The highest BCUT2D eigenvalue weighted by atomic mass is 32.2. The van der Waals surface area contributed by atoms with Crippen molar-refractivity contribution in [1.29, 1.82) is 5.26 Å². The number of halogens is 1. The van der Waals surface area contributed by atoms with Crippen molar-refractivity contribution >= 4 is 20.7 Å². The molecule has 2 aromatic carbocycles. The topological polar surface area (TPSA) is 90.8 Å². The van der Waals surface area contributed by atoms with Gasteiger partial charge in [0.05, 0.1) is 10.5 Å². The number of nitrogens with one attached hydrogen (secondary N) is 1. The Morgan fingerprint density at radius 2 is 1.92 bits per heavy atom. The Labute approximate surface area is 136 Å². The Morgan fingerprint density at radius 1 is 1.17 bits per heavy atom. The molecule has 0 aliphatic carbocycles. The van der Waals surface area contributed by atoms with Crippen molar-refractivity contribution in [2.45, 2.75) is 16.7 Å². The van der Waals surface area contributed by atoms with E-state index < -0.39 is 26.0 Å². The molecule has 0 unspecified atom stereocenters. The lowest BCUT2D eigenvalue weighted by molar-refractivity contribution is 0.589. The van der Waals surface area contributed by atoms with Crippen LogP contribution < -0.4 is 5.43 Å². The second-order valence-corrected chi connectivity index (χ2v) is 7.21. The van der Waals surface area contributed by atoms with Crippen LogP contribution in [0.1, 0.15) is 11.1 Å². The van der Waals surface area contributed by atoms with Crippen LogP contribution in [-0.2, 0) is 9.84 Å². The fourth-order valence-corrected chi connectivity index (χ4v) is 3.72. The highest BCUT2D eigenvalue weighted by Gasteiger charge is 2.23. The van der Waals surface area contributed by atoms with Crippen LogP contribution >= 0.6 is 0 Å². The van der Waals surface area contributed by atoms with Crippen molar-refractivity contribution in [1.82, 2.24) is 4.98 Å². The van der Waals surface area contributed by atoms with Crippen LogP contribution in [0.3, 0.4) is 0 Å². The first-order valence-corrected chi connectivity index (χ1v) is 8.39.